The molecule has 0 fully saturated rings. The standard InChI is InChI=1S/C13H28NO6P.CH4/c1-7-13(2,3)12(15)18-10-11-20-21(16,17)19-9-8-14(4,5)6;/h7-11H2,1-6H3;1H4/p+1. The highest BCUT2D eigenvalue weighted by molar-refractivity contribution is 7.47. The molecule has 7 nitrogen and oxygen atoms in total. The van der Waals surface area contributed by atoms with Gasteiger partial charge in [-0.25, -0.2) is 4.57 Å². The maximum absolute atomic E-state index is 11.7. The average Bonchev–Trinajstić information content (AvgIpc) is 2.32. The number of carbonyl (C=O) groups excluding carboxylic acids is 1. The highest BCUT2D eigenvalue weighted by Crippen LogP contribution is 2.42. The van der Waals surface area contributed by atoms with Crippen LogP contribution in [0.1, 0.15) is 34.6 Å². The fraction of sp³-hybridized carbons (Fsp3) is 0.929. The number of ether oxygens (including phenoxy) is 1. The predicted octanol–water partition coefficient (Wildman–Crippen LogP) is 2.44. The van der Waals surface area contributed by atoms with Crippen molar-refractivity contribution in [1.82, 2.24) is 0 Å². The largest absolute Gasteiger partial charge is 0.472 e. The van der Waals surface area contributed by atoms with Crippen molar-refractivity contribution in [3.05, 3.63) is 0 Å². The van der Waals surface area contributed by atoms with Crippen LogP contribution in [-0.4, -0.2) is 62.9 Å². The van der Waals surface area contributed by atoms with Crippen LogP contribution in [0.2, 0.25) is 0 Å². The summed E-state index contributed by atoms with van der Waals surface area (Å²) in [5.41, 5.74) is -0.565. The van der Waals surface area contributed by atoms with Crippen LogP contribution in [0.15, 0.2) is 0 Å². The van der Waals surface area contributed by atoms with Crippen LogP contribution in [-0.2, 0) is 23.1 Å². The number of hydrogen-bond acceptors (Lipinski definition) is 5. The van der Waals surface area contributed by atoms with Crippen molar-refractivity contribution in [3.63, 3.8) is 0 Å². The van der Waals surface area contributed by atoms with Crippen molar-refractivity contribution in [3.8, 4) is 0 Å². The molecular formula is C14H33NO6P+. The van der Waals surface area contributed by atoms with Crippen LogP contribution in [0.25, 0.3) is 0 Å². The molecule has 0 saturated heterocycles. The quantitative estimate of drug-likeness (QED) is 0.284. The molecule has 0 aliphatic carbocycles. The zero-order valence-corrected chi connectivity index (χ0v) is 14.8. The van der Waals surface area contributed by atoms with Crippen molar-refractivity contribution in [2.24, 2.45) is 5.41 Å². The average molecular weight is 342 g/mol. The van der Waals surface area contributed by atoms with E-state index in [1.807, 2.05) is 28.1 Å². The smallest absolute Gasteiger partial charge is 0.463 e. The molecule has 0 aromatic rings. The Hall–Kier alpha value is -0.460. The summed E-state index contributed by atoms with van der Waals surface area (Å²) in [6.07, 6.45) is 0.652. The molecule has 0 heterocycles. The van der Waals surface area contributed by atoms with Crippen LogP contribution in [0.3, 0.4) is 0 Å². The lowest BCUT2D eigenvalue weighted by atomic mass is 9.91. The van der Waals surface area contributed by atoms with E-state index < -0.39 is 13.2 Å². The fourth-order valence-electron chi connectivity index (χ4n) is 1.09. The number of phosphoric ester groups is 1. The van der Waals surface area contributed by atoms with Crippen LogP contribution < -0.4 is 0 Å². The first-order valence-corrected chi connectivity index (χ1v) is 8.49. The number of hydrogen-bond donors (Lipinski definition) is 1. The molecule has 0 bridgehead atoms. The zero-order valence-electron chi connectivity index (χ0n) is 13.9. The normalized spacial score (nSPS) is 14.9. The van der Waals surface area contributed by atoms with E-state index in [-0.39, 0.29) is 33.2 Å². The van der Waals surface area contributed by atoms with Gasteiger partial charge in [0.25, 0.3) is 0 Å². The lowest BCUT2D eigenvalue weighted by Crippen LogP contribution is -2.37. The summed E-state index contributed by atoms with van der Waals surface area (Å²) < 4.78 is 26.8. The van der Waals surface area contributed by atoms with Gasteiger partial charge >= 0.3 is 13.8 Å². The van der Waals surface area contributed by atoms with Crippen molar-refractivity contribution >= 4 is 13.8 Å². The Morgan fingerprint density at radius 2 is 1.64 bits per heavy atom. The van der Waals surface area contributed by atoms with E-state index in [1.165, 1.54) is 0 Å². The maximum atomic E-state index is 11.7. The summed E-state index contributed by atoms with van der Waals surface area (Å²) in [5.74, 6) is -0.354. The van der Waals surface area contributed by atoms with Gasteiger partial charge in [0.05, 0.1) is 33.2 Å². The second-order valence-corrected chi connectivity index (χ2v) is 7.98. The number of rotatable bonds is 10. The minimum atomic E-state index is -4.09. The van der Waals surface area contributed by atoms with Gasteiger partial charge in [0, 0.05) is 0 Å². The second kappa shape index (κ2) is 9.63. The molecule has 0 rings (SSSR count). The highest BCUT2D eigenvalue weighted by Gasteiger charge is 2.27. The molecule has 0 amide bonds. The van der Waals surface area contributed by atoms with E-state index in [4.69, 9.17) is 13.8 Å². The summed E-state index contributed by atoms with van der Waals surface area (Å²) in [5, 5.41) is 0. The number of nitrogens with zero attached hydrogens (tertiary/aromatic N) is 1. The summed E-state index contributed by atoms with van der Waals surface area (Å²) in [6, 6.07) is 0. The second-order valence-electron chi connectivity index (χ2n) is 6.52. The van der Waals surface area contributed by atoms with Crippen molar-refractivity contribution in [2.45, 2.75) is 34.6 Å². The maximum Gasteiger partial charge on any atom is 0.472 e. The minimum Gasteiger partial charge on any atom is -0.463 e. The van der Waals surface area contributed by atoms with Crippen LogP contribution in [0.5, 0.6) is 0 Å². The first-order valence-electron chi connectivity index (χ1n) is 6.99. The van der Waals surface area contributed by atoms with Crippen molar-refractivity contribution < 1.29 is 32.5 Å². The first kappa shape index (κ1) is 23.8. The summed E-state index contributed by atoms with van der Waals surface area (Å²) >= 11 is 0. The van der Waals surface area contributed by atoms with Gasteiger partial charge in [0.1, 0.15) is 19.8 Å². The van der Waals surface area contributed by atoms with Gasteiger partial charge in [-0.3, -0.25) is 13.8 Å². The Kier molecular flexibility index (Phi) is 10.4. The van der Waals surface area contributed by atoms with Crippen molar-refractivity contribution in [1.29, 1.82) is 0 Å². The molecule has 134 valence electrons. The van der Waals surface area contributed by atoms with E-state index in [1.54, 1.807) is 13.8 Å². The third-order valence-corrected chi connectivity index (χ3v) is 4.04. The molecule has 0 aromatic heterocycles. The third kappa shape index (κ3) is 11.2. The van der Waals surface area contributed by atoms with Gasteiger partial charge in [-0.2, -0.15) is 0 Å². The number of carbonyl (C=O) groups is 1. The molecule has 0 aliphatic rings. The molecule has 1 N–H and O–H groups in total. The van der Waals surface area contributed by atoms with E-state index in [2.05, 4.69) is 0 Å². The van der Waals surface area contributed by atoms with Gasteiger partial charge in [0.2, 0.25) is 0 Å². The molecule has 1 atom stereocenters. The Morgan fingerprint density at radius 3 is 2.09 bits per heavy atom. The number of likely N-dealkylation sites (N-methyl/N-ethyl adjacent to an activating group) is 1. The Balaban J connectivity index is 0. The fourth-order valence-corrected chi connectivity index (χ4v) is 1.79. The number of quaternary nitrogens is 1. The van der Waals surface area contributed by atoms with Gasteiger partial charge in [-0.1, -0.05) is 14.4 Å². The zero-order chi connectivity index (χ0) is 16.7. The van der Waals surface area contributed by atoms with Gasteiger partial charge in [0.15, 0.2) is 0 Å². The topological polar surface area (TPSA) is 82.1 Å². The van der Waals surface area contributed by atoms with E-state index in [0.717, 1.165) is 0 Å². The van der Waals surface area contributed by atoms with Crippen molar-refractivity contribution in [2.75, 3.05) is 47.5 Å². The first-order chi connectivity index (χ1) is 9.40. The number of esters is 1. The molecule has 8 heteroatoms. The number of phosphoric acid groups is 1. The highest BCUT2D eigenvalue weighted by atomic mass is 31.2. The lowest BCUT2D eigenvalue weighted by Gasteiger charge is -2.24. The Labute approximate surface area is 134 Å². The molecule has 0 aromatic carbocycles. The monoisotopic (exact) mass is 342 g/mol. The molecule has 0 saturated carbocycles. The third-order valence-electron chi connectivity index (χ3n) is 3.02. The Morgan fingerprint density at radius 1 is 1.14 bits per heavy atom. The summed E-state index contributed by atoms with van der Waals surface area (Å²) in [7, 11) is 1.75. The summed E-state index contributed by atoms with van der Waals surface area (Å²) in [4.78, 5) is 21.1. The van der Waals surface area contributed by atoms with Gasteiger partial charge < -0.3 is 14.1 Å². The lowest BCUT2D eigenvalue weighted by molar-refractivity contribution is -0.870. The molecule has 0 spiro atoms. The minimum absolute atomic E-state index is 0. The van der Waals surface area contributed by atoms with Crippen LogP contribution in [0, 0.1) is 5.41 Å². The van der Waals surface area contributed by atoms with E-state index >= 15 is 0 Å². The summed E-state index contributed by atoms with van der Waals surface area (Å²) in [6.45, 7) is 5.88. The molecule has 0 radical (unpaired) electrons. The Bertz CT molecular complexity index is 378. The molecular weight excluding hydrogens is 309 g/mol. The molecule has 0 aliphatic heterocycles. The van der Waals surface area contributed by atoms with E-state index in [0.29, 0.717) is 17.4 Å². The molecule has 1 unspecified atom stereocenters. The van der Waals surface area contributed by atoms with E-state index in [9.17, 15) is 14.3 Å². The SMILES string of the molecule is C.CCC(C)(C)C(=O)OCCOP(=O)(O)OCC[N+](C)(C)C. The van der Waals surface area contributed by atoms with Crippen LogP contribution >= 0.6 is 7.82 Å². The predicted molar refractivity (Wildman–Crippen MR) is 86.4 cm³/mol. The van der Waals surface area contributed by atoms with Gasteiger partial charge in [-0.05, 0) is 20.3 Å². The van der Waals surface area contributed by atoms with Gasteiger partial charge in [-0.15, -0.1) is 0 Å². The van der Waals surface area contributed by atoms with Crippen LogP contribution in [0.4, 0.5) is 0 Å². The molecule has 22 heavy (non-hydrogen) atoms.